The maximum atomic E-state index is 12.5. The van der Waals surface area contributed by atoms with Crippen LogP contribution in [0.2, 0.25) is 0 Å². The fourth-order valence-corrected chi connectivity index (χ4v) is 3.39. The molecule has 8 nitrogen and oxygen atoms in total. The van der Waals surface area contributed by atoms with E-state index in [9.17, 15) is 9.59 Å². The number of Topliss-reactive ketones (excluding diaryl/α,β-unsaturated/α-hetero) is 1. The van der Waals surface area contributed by atoms with Crippen molar-refractivity contribution < 1.29 is 14.3 Å². The standard InChI is InChI=1S/C23H25N5O3/c1-23(2,3)20-13-21(28(4)27-20)26-22(30)25-14-6-5-7-16(10-14)31-19-8-9-24-18-12-15(29)11-17(18)19/h5-10,13H,11-12H2,1-4H3,(H2,25,26,30). The van der Waals surface area contributed by atoms with E-state index in [0.717, 1.165) is 17.0 Å². The fourth-order valence-electron chi connectivity index (χ4n) is 3.39. The lowest BCUT2D eigenvalue weighted by molar-refractivity contribution is -0.117. The molecule has 8 heteroatoms. The maximum absolute atomic E-state index is 12.5. The predicted molar refractivity (Wildman–Crippen MR) is 118 cm³/mol. The number of pyridine rings is 1. The van der Waals surface area contributed by atoms with Gasteiger partial charge in [-0.25, -0.2) is 4.79 Å². The minimum absolute atomic E-state index is 0.114. The van der Waals surface area contributed by atoms with Gasteiger partial charge in [-0.3, -0.25) is 19.8 Å². The van der Waals surface area contributed by atoms with Crippen LogP contribution in [0.1, 0.15) is 37.7 Å². The first kappa shape index (κ1) is 20.6. The van der Waals surface area contributed by atoms with E-state index in [1.807, 2.05) is 6.07 Å². The highest BCUT2D eigenvalue weighted by molar-refractivity contribution is 5.99. The molecule has 1 aliphatic rings. The Bertz CT molecular complexity index is 1160. The third kappa shape index (κ3) is 4.58. The number of urea groups is 1. The highest BCUT2D eigenvalue weighted by Crippen LogP contribution is 2.32. The average molecular weight is 419 g/mol. The van der Waals surface area contributed by atoms with Crippen molar-refractivity contribution in [3.63, 3.8) is 0 Å². The number of ketones is 1. The fraction of sp³-hybridized carbons (Fsp3) is 0.304. The Hall–Kier alpha value is -3.68. The third-order valence-corrected chi connectivity index (χ3v) is 5.05. The second-order valence-electron chi connectivity index (χ2n) is 8.62. The van der Waals surface area contributed by atoms with Crippen molar-refractivity contribution in [1.29, 1.82) is 0 Å². The molecule has 0 saturated carbocycles. The second-order valence-corrected chi connectivity index (χ2v) is 8.62. The van der Waals surface area contributed by atoms with Gasteiger partial charge in [-0.1, -0.05) is 26.8 Å². The molecule has 0 bridgehead atoms. The molecule has 0 radical (unpaired) electrons. The van der Waals surface area contributed by atoms with Crippen molar-refractivity contribution in [3.8, 4) is 11.5 Å². The Kier molecular flexibility index (Phi) is 5.22. The number of hydrogen-bond donors (Lipinski definition) is 2. The van der Waals surface area contributed by atoms with Crippen LogP contribution in [0.25, 0.3) is 0 Å². The van der Waals surface area contributed by atoms with Gasteiger partial charge in [0, 0.05) is 54.9 Å². The summed E-state index contributed by atoms with van der Waals surface area (Å²) in [4.78, 5) is 28.5. The molecule has 1 aliphatic carbocycles. The van der Waals surface area contributed by atoms with E-state index < -0.39 is 0 Å². The lowest BCUT2D eigenvalue weighted by atomic mass is 9.92. The predicted octanol–water partition coefficient (Wildman–Crippen LogP) is 4.22. The van der Waals surface area contributed by atoms with Crippen molar-refractivity contribution in [1.82, 2.24) is 14.8 Å². The second kappa shape index (κ2) is 7.86. The zero-order valence-corrected chi connectivity index (χ0v) is 18.0. The Labute approximate surface area is 180 Å². The summed E-state index contributed by atoms with van der Waals surface area (Å²) in [6.07, 6.45) is 2.32. The molecule has 0 unspecified atom stereocenters. The third-order valence-electron chi connectivity index (χ3n) is 5.05. The van der Waals surface area contributed by atoms with Gasteiger partial charge in [-0.05, 0) is 18.2 Å². The van der Waals surface area contributed by atoms with Crippen LogP contribution in [-0.2, 0) is 30.1 Å². The smallest absolute Gasteiger partial charge is 0.324 e. The van der Waals surface area contributed by atoms with Crippen molar-refractivity contribution in [2.24, 2.45) is 7.05 Å². The largest absolute Gasteiger partial charge is 0.457 e. The molecule has 0 spiro atoms. The molecule has 2 N–H and O–H groups in total. The van der Waals surface area contributed by atoms with Crippen LogP contribution in [0, 0.1) is 0 Å². The molecule has 0 atom stereocenters. The minimum atomic E-state index is -0.379. The lowest BCUT2D eigenvalue weighted by Gasteiger charge is -2.13. The number of fused-ring (bicyclic) bond motifs is 1. The maximum Gasteiger partial charge on any atom is 0.324 e. The molecule has 1 aromatic carbocycles. The van der Waals surface area contributed by atoms with Crippen LogP contribution in [0.3, 0.4) is 0 Å². The zero-order valence-electron chi connectivity index (χ0n) is 18.0. The monoisotopic (exact) mass is 419 g/mol. The van der Waals surface area contributed by atoms with Gasteiger partial charge < -0.3 is 10.1 Å². The van der Waals surface area contributed by atoms with Crippen LogP contribution in [0.15, 0.2) is 42.6 Å². The van der Waals surface area contributed by atoms with Gasteiger partial charge in [0.25, 0.3) is 0 Å². The number of ether oxygens (including phenoxy) is 1. The van der Waals surface area contributed by atoms with Crippen LogP contribution in [0.5, 0.6) is 11.5 Å². The average Bonchev–Trinajstić information content (AvgIpc) is 3.24. The molecular formula is C23H25N5O3. The van der Waals surface area contributed by atoms with E-state index in [-0.39, 0.29) is 17.2 Å². The first-order valence-corrected chi connectivity index (χ1v) is 10.1. The summed E-state index contributed by atoms with van der Waals surface area (Å²) in [5, 5.41) is 10.1. The molecule has 31 heavy (non-hydrogen) atoms. The van der Waals surface area contributed by atoms with E-state index in [2.05, 4.69) is 41.5 Å². The number of benzene rings is 1. The summed E-state index contributed by atoms with van der Waals surface area (Å²) in [5.74, 6) is 1.91. The molecule has 2 amide bonds. The van der Waals surface area contributed by atoms with Crippen LogP contribution < -0.4 is 15.4 Å². The Balaban J connectivity index is 1.45. The number of carbonyl (C=O) groups excluding carboxylic acids is 2. The normalized spacial score (nSPS) is 13.1. The summed E-state index contributed by atoms with van der Waals surface area (Å²) in [7, 11) is 1.79. The number of hydrogen-bond acceptors (Lipinski definition) is 5. The minimum Gasteiger partial charge on any atom is -0.457 e. The number of anilines is 2. The highest BCUT2D eigenvalue weighted by atomic mass is 16.5. The van der Waals surface area contributed by atoms with E-state index in [4.69, 9.17) is 4.74 Å². The van der Waals surface area contributed by atoms with Gasteiger partial charge in [0.05, 0.1) is 11.4 Å². The van der Waals surface area contributed by atoms with Crippen molar-refractivity contribution in [3.05, 3.63) is 59.5 Å². The van der Waals surface area contributed by atoms with Gasteiger partial charge in [-0.2, -0.15) is 5.10 Å². The molecular weight excluding hydrogens is 394 g/mol. The summed E-state index contributed by atoms with van der Waals surface area (Å²) in [5.41, 5.74) is 2.95. The van der Waals surface area contributed by atoms with Crippen LogP contribution >= 0.6 is 0 Å². The highest BCUT2D eigenvalue weighted by Gasteiger charge is 2.24. The quantitative estimate of drug-likeness (QED) is 0.660. The SMILES string of the molecule is Cn1nc(C(C)(C)C)cc1NC(=O)Nc1cccc(Oc2ccnc3c2CC(=O)C3)c1. The van der Waals surface area contributed by atoms with Crippen molar-refractivity contribution in [2.75, 3.05) is 10.6 Å². The molecule has 0 saturated heterocycles. The lowest BCUT2D eigenvalue weighted by Crippen LogP contribution is -2.21. The van der Waals surface area contributed by atoms with Gasteiger partial charge >= 0.3 is 6.03 Å². The Morgan fingerprint density at radius 3 is 2.68 bits per heavy atom. The van der Waals surface area contributed by atoms with E-state index >= 15 is 0 Å². The number of nitrogens with zero attached hydrogens (tertiary/aromatic N) is 3. The molecule has 0 fully saturated rings. The molecule has 4 rings (SSSR count). The topological polar surface area (TPSA) is 98.1 Å². The first-order chi connectivity index (χ1) is 14.7. The molecule has 160 valence electrons. The van der Waals surface area contributed by atoms with E-state index in [0.29, 0.717) is 35.8 Å². The molecule has 0 aliphatic heterocycles. The summed E-state index contributed by atoms with van der Waals surface area (Å²) < 4.78 is 7.64. The molecule has 2 aromatic heterocycles. The van der Waals surface area contributed by atoms with Crippen molar-refractivity contribution in [2.45, 2.75) is 39.0 Å². The zero-order chi connectivity index (χ0) is 22.2. The number of aryl methyl sites for hydroxylation is 1. The summed E-state index contributed by atoms with van der Waals surface area (Å²) in [6, 6.07) is 10.3. The van der Waals surface area contributed by atoms with Crippen LogP contribution in [0.4, 0.5) is 16.3 Å². The van der Waals surface area contributed by atoms with Crippen molar-refractivity contribution >= 4 is 23.3 Å². The first-order valence-electron chi connectivity index (χ1n) is 10.1. The number of nitrogens with one attached hydrogen (secondary N) is 2. The Morgan fingerprint density at radius 2 is 1.94 bits per heavy atom. The Morgan fingerprint density at radius 1 is 1.13 bits per heavy atom. The number of rotatable bonds is 4. The number of carbonyl (C=O) groups is 2. The summed E-state index contributed by atoms with van der Waals surface area (Å²) >= 11 is 0. The number of aromatic nitrogens is 3. The number of amides is 2. The molecule has 3 aromatic rings. The van der Waals surface area contributed by atoms with Gasteiger partial charge in [0.2, 0.25) is 0 Å². The van der Waals surface area contributed by atoms with Crippen LogP contribution in [-0.4, -0.2) is 26.6 Å². The summed E-state index contributed by atoms with van der Waals surface area (Å²) in [6.45, 7) is 6.20. The van der Waals surface area contributed by atoms with E-state index in [1.165, 1.54) is 0 Å². The van der Waals surface area contributed by atoms with Gasteiger partial charge in [0.15, 0.2) is 0 Å². The van der Waals surface area contributed by atoms with E-state index in [1.54, 1.807) is 48.3 Å². The molecule has 2 heterocycles. The van der Waals surface area contributed by atoms with Gasteiger partial charge in [-0.15, -0.1) is 0 Å². The van der Waals surface area contributed by atoms with Gasteiger partial charge in [0.1, 0.15) is 23.1 Å².